The van der Waals surface area contributed by atoms with Gasteiger partial charge in [0.15, 0.2) is 0 Å². The number of nitrogens with two attached hydrogens (primary N) is 1. The number of carbonyl (C=O) groups excluding carboxylic acids is 1. The zero-order valence-corrected chi connectivity index (χ0v) is 12.7. The molecule has 3 nitrogen and oxygen atoms in total. The highest BCUT2D eigenvalue weighted by atomic mass is 35.5. The fraction of sp³-hybridized carbons (Fsp3) is 0.533. The van der Waals surface area contributed by atoms with E-state index < -0.39 is 0 Å². The van der Waals surface area contributed by atoms with Gasteiger partial charge in [0.25, 0.3) is 0 Å². The van der Waals surface area contributed by atoms with Gasteiger partial charge in [0.2, 0.25) is 5.91 Å². The molecule has 0 saturated carbocycles. The third-order valence-electron chi connectivity index (χ3n) is 3.32. The molecule has 0 aliphatic rings. The first-order valence-electron chi connectivity index (χ1n) is 6.68. The molecule has 0 aliphatic heterocycles. The monoisotopic (exact) mass is 284 g/mol. The predicted octanol–water partition coefficient (Wildman–Crippen LogP) is 2.63. The van der Waals surface area contributed by atoms with Gasteiger partial charge < -0.3 is 10.6 Å². The lowest BCUT2D eigenvalue weighted by Crippen LogP contribution is -2.38. The molecule has 1 rings (SSSR count). The van der Waals surface area contributed by atoms with Crippen LogP contribution in [0.2, 0.25) is 0 Å². The highest BCUT2D eigenvalue weighted by Gasteiger charge is 2.17. The number of carbonyl (C=O) groups is 1. The maximum Gasteiger partial charge on any atom is 0.222 e. The molecule has 1 aromatic rings. The van der Waals surface area contributed by atoms with Crippen molar-refractivity contribution in [3.8, 4) is 0 Å². The summed E-state index contributed by atoms with van der Waals surface area (Å²) in [4.78, 5) is 13.8. The molecule has 1 atom stereocenters. The number of likely N-dealkylation sites (N-methyl/N-ethyl adjacent to an activating group) is 1. The van der Waals surface area contributed by atoms with Crippen LogP contribution >= 0.6 is 12.4 Å². The van der Waals surface area contributed by atoms with Crippen molar-refractivity contribution < 1.29 is 4.79 Å². The van der Waals surface area contributed by atoms with E-state index in [9.17, 15) is 4.79 Å². The molecule has 108 valence electrons. The van der Waals surface area contributed by atoms with Crippen molar-refractivity contribution in [2.45, 2.75) is 38.6 Å². The Kier molecular flexibility index (Phi) is 9.27. The molecule has 0 bridgehead atoms. The van der Waals surface area contributed by atoms with E-state index in [2.05, 4.69) is 19.1 Å². The molecule has 0 aromatic heterocycles. The van der Waals surface area contributed by atoms with Gasteiger partial charge in [-0.1, -0.05) is 37.3 Å². The van der Waals surface area contributed by atoms with Crippen LogP contribution in [0, 0.1) is 0 Å². The molecule has 0 aliphatic carbocycles. The fourth-order valence-corrected chi connectivity index (χ4v) is 2.07. The Balaban J connectivity index is 0.00000324. The van der Waals surface area contributed by atoms with Crippen molar-refractivity contribution in [3.05, 3.63) is 35.9 Å². The zero-order valence-electron chi connectivity index (χ0n) is 11.8. The van der Waals surface area contributed by atoms with Crippen LogP contribution in [0.1, 0.15) is 31.7 Å². The quantitative estimate of drug-likeness (QED) is 0.837. The molecule has 1 amide bonds. The molecule has 1 aromatic carbocycles. The first-order valence-corrected chi connectivity index (χ1v) is 6.68. The topological polar surface area (TPSA) is 46.3 Å². The lowest BCUT2D eigenvalue weighted by atomic mass is 10.0. The number of hydrogen-bond donors (Lipinski definition) is 1. The number of amides is 1. The van der Waals surface area contributed by atoms with Crippen LogP contribution in [0.25, 0.3) is 0 Å². The van der Waals surface area contributed by atoms with Gasteiger partial charge in [-0.05, 0) is 31.4 Å². The molecule has 1 unspecified atom stereocenters. The lowest BCUT2D eigenvalue weighted by Gasteiger charge is -2.27. The van der Waals surface area contributed by atoms with Crippen LogP contribution in [0.3, 0.4) is 0 Å². The molecule has 0 saturated heterocycles. The molecule has 19 heavy (non-hydrogen) atoms. The van der Waals surface area contributed by atoms with Crippen LogP contribution in [-0.2, 0) is 11.2 Å². The number of nitrogens with zero attached hydrogens (tertiary/aromatic N) is 1. The molecular weight excluding hydrogens is 260 g/mol. The summed E-state index contributed by atoms with van der Waals surface area (Å²) in [5, 5.41) is 0. The fourth-order valence-electron chi connectivity index (χ4n) is 2.07. The van der Waals surface area contributed by atoms with Crippen LogP contribution in [0.4, 0.5) is 0 Å². The van der Waals surface area contributed by atoms with Crippen molar-refractivity contribution in [3.63, 3.8) is 0 Å². The van der Waals surface area contributed by atoms with Crippen LogP contribution in [0.5, 0.6) is 0 Å². The van der Waals surface area contributed by atoms with Gasteiger partial charge in [0.1, 0.15) is 0 Å². The van der Waals surface area contributed by atoms with E-state index in [1.165, 1.54) is 5.56 Å². The minimum Gasteiger partial charge on any atom is -0.342 e. The van der Waals surface area contributed by atoms with Crippen molar-refractivity contribution in [2.75, 3.05) is 13.6 Å². The van der Waals surface area contributed by atoms with E-state index in [4.69, 9.17) is 5.73 Å². The minimum atomic E-state index is 0. The average molecular weight is 285 g/mol. The van der Waals surface area contributed by atoms with Gasteiger partial charge in [-0.25, -0.2) is 0 Å². The maximum atomic E-state index is 12.0. The van der Waals surface area contributed by atoms with Crippen LogP contribution in [0.15, 0.2) is 30.3 Å². The van der Waals surface area contributed by atoms with Gasteiger partial charge in [0, 0.05) is 19.5 Å². The summed E-state index contributed by atoms with van der Waals surface area (Å²) in [5.74, 6) is 0.197. The summed E-state index contributed by atoms with van der Waals surface area (Å²) >= 11 is 0. The first-order chi connectivity index (χ1) is 8.69. The summed E-state index contributed by atoms with van der Waals surface area (Å²) in [7, 11) is 1.90. The Morgan fingerprint density at radius 3 is 2.47 bits per heavy atom. The molecule has 0 heterocycles. The van der Waals surface area contributed by atoms with Crippen molar-refractivity contribution in [2.24, 2.45) is 5.73 Å². The third kappa shape index (κ3) is 6.08. The molecule has 2 N–H and O–H groups in total. The van der Waals surface area contributed by atoms with E-state index in [0.29, 0.717) is 13.0 Å². The summed E-state index contributed by atoms with van der Waals surface area (Å²) in [6.45, 7) is 2.70. The van der Waals surface area contributed by atoms with Gasteiger partial charge >= 0.3 is 0 Å². The van der Waals surface area contributed by atoms with E-state index >= 15 is 0 Å². The van der Waals surface area contributed by atoms with Crippen molar-refractivity contribution in [1.82, 2.24) is 4.90 Å². The second kappa shape index (κ2) is 9.82. The largest absolute Gasteiger partial charge is 0.342 e. The third-order valence-corrected chi connectivity index (χ3v) is 3.32. The Morgan fingerprint density at radius 2 is 1.95 bits per heavy atom. The molecular formula is C15H25ClN2O. The minimum absolute atomic E-state index is 0. The smallest absolute Gasteiger partial charge is 0.222 e. The second-order valence-electron chi connectivity index (χ2n) is 4.65. The van der Waals surface area contributed by atoms with Crippen molar-refractivity contribution in [1.29, 1.82) is 0 Å². The molecule has 4 heteroatoms. The summed E-state index contributed by atoms with van der Waals surface area (Å²) in [6, 6.07) is 10.6. The van der Waals surface area contributed by atoms with Crippen LogP contribution in [-0.4, -0.2) is 30.4 Å². The molecule has 0 radical (unpaired) electrons. The highest BCUT2D eigenvalue weighted by molar-refractivity contribution is 5.85. The zero-order chi connectivity index (χ0) is 13.4. The number of halogens is 1. The number of hydrogen-bond acceptors (Lipinski definition) is 2. The van der Waals surface area contributed by atoms with E-state index in [0.717, 1.165) is 19.3 Å². The van der Waals surface area contributed by atoms with E-state index in [-0.39, 0.29) is 24.4 Å². The summed E-state index contributed by atoms with van der Waals surface area (Å²) in [5.41, 5.74) is 6.72. The summed E-state index contributed by atoms with van der Waals surface area (Å²) in [6.07, 6.45) is 3.21. The lowest BCUT2D eigenvalue weighted by molar-refractivity contribution is -0.132. The Hall–Kier alpha value is -1.06. The van der Waals surface area contributed by atoms with Gasteiger partial charge in [-0.3, -0.25) is 4.79 Å². The Morgan fingerprint density at radius 1 is 1.32 bits per heavy atom. The first kappa shape index (κ1) is 17.9. The number of benzene rings is 1. The van der Waals surface area contributed by atoms with Crippen LogP contribution < -0.4 is 5.73 Å². The van der Waals surface area contributed by atoms with Gasteiger partial charge in [-0.2, -0.15) is 0 Å². The standard InChI is InChI=1S/C15H24N2O.ClH/c1-3-14(12-13-8-5-4-6-9-13)17(2)15(18)10-7-11-16;/h4-6,8-9,14H,3,7,10-12,16H2,1-2H3;1H. The predicted molar refractivity (Wildman–Crippen MR) is 82.5 cm³/mol. The van der Waals surface area contributed by atoms with Gasteiger partial charge in [-0.15, -0.1) is 12.4 Å². The maximum absolute atomic E-state index is 12.0. The summed E-state index contributed by atoms with van der Waals surface area (Å²) < 4.78 is 0. The van der Waals surface area contributed by atoms with E-state index in [1.807, 2.05) is 30.1 Å². The molecule has 0 spiro atoms. The number of rotatable bonds is 7. The van der Waals surface area contributed by atoms with Crippen molar-refractivity contribution >= 4 is 18.3 Å². The Labute approximate surface area is 122 Å². The van der Waals surface area contributed by atoms with E-state index in [1.54, 1.807) is 0 Å². The van der Waals surface area contributed by atoms with Gasteiger partial charge in [0.05, 0.1) is 0 Å². The SMILES string of the molecule is CCC(Cc1ccccc1)N(C)C(=O)CCCN.Cl. The second-order valence-corrected chi connectivity index (χ2v) is 4.65. The average Bonchev–Trinajstić information content (AvgIpc) is 2.42. The highest BCUT2D eigenvalue weighted by Crippen LogP contribution is 2.12. The Bertz CT molecular complexity index is 356. The molecule has 0 fully saturated rings. The normalized spacial score (nSPS) is 11.5.